The fourth-order valence-electron chi connectivity index (χ4n) is 1.83. The molecule has 0 aliphatic carbocycles. The van der Waals surface area contributed by atoms with E-state index in [1.807, 2.05) is 19.1 Å². The fourth-order valence-corrected chi connectivity index (χ4v) is 3.52. The van der Waals surface area contributed by atoms with Crippen LogP contribution in [0.1, 0.15) is 12.5 Å². The number of hydrogen-bond acceptors (Lipinski definition) is 2. The van der Waals surface area contributed by atoms with Gasteiger partial charge in [0, 0.05) is 6.54 Å². The lowest BCUT2D eigenvalue weighted by Crippen LogP contribution is -2.02. The van der Waals surface area contributed by atoms with E-state index in [-0.39, 0.29) is 5.82 Å². The van der Waals surface area contributed by atoms with Gasteiger partial charge in [-0.05, 0) is 74.7 Å². The van der Waals surface area contributed by atoms with E-state index < -0.39 is 0 Å². The molecule has 0 saturated heterocycles. The minimum atomic E-state index is -0.323. The van der Waals surface area contributed by atoms with E-state index in [2.05, 4.69) is 37.2 Å². The highest BCUT2D eigenvalue weighted by molar-refractivity contribution is 9.11. The first-order chi connectivity index (χ1) is 10.0. The zero-order valence-corrected chi connectivity index (χ0v) is 15.1. The fraction of sp³-hybridized carbons (Fsp3) is 0.200. The molecule has 1 N–H and O–H groups in total. The van der Waals surface area contributed by atoms with E-state index in [1.165, 1.54) is 18.2 Å². The van der Waals surface area contributed by atoms with Crippen molar-refractivity contribution >= 4 is 49.1 Å². The lowest BCUT2D eigenvalue weighted by Gasteiger charge is -2.12. The maximum Gasteiger partial charge on any atom is 0.147 e. The van der Waals surface area contributed by atoms with Gasteiger partial charge >= 0.3 is 0 Å². The van der Waals surface area contributed by atoms with Gasteiger partial charge in [-0.25, -0.2) is 4.39 Å². The van der Waals surface area contributed by atoms with E-state index in [9.17, 15) is 4.39 Å². The summed E-state index contributed by atoms with van der Waals surface area (Å²) >= 11 is 13.0. The Morgan fingerprint density at radius 1 is 1.19 bits per heavy atom. The van der Waals surface area contributed by atoms with E-state index in [1.54, 1.807) is 0 Å². The molecule has 0 fully saturated rings. The summed E-state index contributed by atoms with van der Waals surface area (Å²) in [4.78, 5) is 0. The van der Waals surface area contributed by atoms with Gasteiger partial charge in [-0.15, -0.1) is 0 Å². The molecule has 0 aliphatic rings. The molecular weight excluding hydrogens is 424 g/mol. The molecule has 2 aromatic rings. The van der Waals surface area contributed by atoms with Gasteiger partial charge < -0.3 is 10.1 Å². The van der Waals surface area contributed by atoms with E-state index in [4.69, 9.17) is 16.3 Å². The number of rotatable bonds is 5. The molecule has 0 bridgehead atoms. The average molecular weight is 438 g/mol. The Balaban J connectivity index is 2.15. The third-order valence-corrected chi connectivity index (χ3v) is 4.27. The van der Waals surface area contributed by atoms with Gasteiger partial charge in [0.15, 0.2) is 0 Å². The summed E-state index contributed by atoms with van der Waals surface area (Å²) in [7, 11) is 0. The van der Waals surface area contributed by atoms with Crippen molar-refractivity contribution in [1.29, 1.82) is 0 Å². The topological polar surface area (TPSA) is 21.3 Å². The molecule has 0 radical (unpaired) electrons. The Labute approximate surface area is 144 Å². The van der Waals surface area contributed by atoms with Gasteiger partial charge in [0.05, 0.1) is 26.3 Å². The summed E-state index contributed by atoms with van der Waals surface area (Å²) in [5.41, 5.74) is 1.58. The van der Waals surface area contributed by atoms with E-state index >= 15 is 0 Å². The van der Waals surface area contributed by atoms with Crippen molar-refractivity contribution in [1.82, 2.24) is 0 Å². The maximum atomic E-state index is 13.2. The SMILES string of the molecule is CCOc1c(Br)cc(CNc2cc(F)ccc2Cl)cc1Br. The predicted molar refractivity (Wildman–Crippen MR) is 91.7 cm³/mol. The summed E-state index contributed by atoms with van der Waals surface area (Å²) in [5.74, 6) is 0.445. The Hall–Kier alpha value is -0.780. The van der Waals surface area contributed by atoms with Crippen molar-refractivity contribution in [2.75, 3.05) is 11.9 Å². The van der Waals surface area contributed by atoms with Crippen LogP contribution < -0.4 is 10.1 Å². The lowest BCUT2D eigenvalue weighted by atomic mass is 10.2. The Morgan fingerprint density at radius 2 is 1.86 bits per heavy atom. The molecule has 0 unspecified atom stereocenters. The predicted octanol–water partition coefficient (Wildman–Crippen LogP) is 6.01. The van der Waals surface area contributed by atoms with Gasteiger partial charge in [0.1, 0.15) is 11.6 Å². The summed E-state index contributed by atoms with van der Waals surface area (Å²) < 4.78 is 20.5. The third-order valence-electron chi connectivity index (χ3n) is 2.76. The van der Waals surface area contributed by atoms with Crippen molar-refractivity contribution < 1.29 is 9.13 Å². The first kappa shape index (κ1) is 16.6. The highest BCUT2D eigenvalue weighted by Gasteiger charge is 2.09. The summed E-state index contributed by atoms with van der Waals surface area (Å²) in [6.45, 7) is 3.04. The molecular formula is C15H13Br2ClFNO. The number of nitrogens with one attached hydrogen (secondary N) is 1. The van der Waals surface area contributed by atoms with Crippen molar-refractivity contribution in [2.24, 2.45) is 0 Å². The number of halogens is 4. The lowest BCUT2D eigenvalue weighted by molar-refractivity contribution is 0.336. The zero-order chi connectivity index (χ0) is 15.4. The summed E-state index contributed by atoms with van der Waals surface area (Å²) in [6, 6.07) is 8.15. The molecule has 0 spiro atoms. The van der Waals surface area contributed by atoms with Crippen molar-refractivity contribution in [2.45, 2.75) is 13.5 Å². The number of hydrogen-bond donors (Lipinski definition) is 1. The Morgan fingerprint density at radius 3 is 2.48 bits per heavy atom. The third kappa shape index (κ3) is 4.34. The largest absolute Gasteiger partial charge is 0.492 e. The van der Waals surface area contributed by atoms with Crippen LogP contribution in [0, 0.1) is 5.82 Å². The highest BCUT2D eigenvalue weighted by Crippen LogP contribution is 2.35. The summed E-state index contributed by atoms with van der Waals surface area (Å²) in [5, 5.41) is 3.61. The normalized spacial score (nSPS) is 10.5. The molecule has 0 atom stereocenters. The van der Waals surface area contributed by atoms with Crippen LogP contribution in [-0.4, -0.2) is 6.61 Å². The Kier molecular flexibility index (Phi) is 5.90. The molecule has 21 heavy (non-hydrogen) atoms. The van der Waals surface area contributed by atoms with Crippen LogP contribution in [0.15, 0.2) is 39.3 Å². The molecule has 0 aromatic heterocycles. The second-order valence-electron chi connectivity index (χ2n) is 4.30. The highest BCUT2D eigenvalue weighted by atomic mass is 79.9. The zero-order valence-electron chi connectivity index (χ0n) is 11.2. The van der Waals surface area contributed by atoms with Crippen LogP contribution in [0.4, 0.5) is 10.1 Å². The van der Waals surface area contributed by atoms with Gasteiger partial charge in [0.2, 0.25) is 0 Å². The van der Waals surface area contributed by atoms with Gasteiger partial charge in [-0.3, -0.25) is 0 Å². The summed E-state index contributed by atoms with van der Waals surface area (Å²) in [6.07, 6.45) is 0. The van der Waals surface area contributed by atoms with Crippen LogP contribution in [0.5, 0.6) is 5.75 Å². The van der Waals surface area contributed by atoms with Gasteiger partial charge in [-0.2, -0.15) is 0 Å². The minimum Gasteiger partial charge on any atom is -0.492 e. The number of anilines is 1. The molecule has 0 amide bonds. The van der Waals surface area contributed by atoms with E-state index in [0.717, 1.165) is 20.3 Å². The quantitative estimate of drug-likeness (QED) is 0.618. The van der Waals surface area contributed by atoms with Crippen LogP contribution >= 0.6 is 43.5 Å². The average Bonchev–Trinajstić information content (AvgIpc) is 2.44. The second-order valence-corrected chi connectivity index (χ2v) is 6.42. The van der Waals surface area contributed by atoms with Crippen molar-refractivity contribution in [3.63, 3.8) is 0 Å². The first-order valence-corrected chi connectivity index (χ1v) is 8.27. The number of ether oxygens (including phenoxy) is 1. The van der Waals surface area contributed by atoms with Crippen molar-refractivity contribution in [3.8, 4) is 5.75 Å². The van der Waals surface area contributed by atoms with Gasteiger partial charge in [0.25, 0.3) is 0 Å². The van der Waals surface area contributed by atoms with Gasteiger partial charge in [-0.1, -0.05) is 11.6 Å². The smallest absolute Gasteiger partial charge is 0.147 e. The van der Waals surface area contributed by atoms with Crippen molar-refractivity contribution in [3.05, 3.63) is 55.7 Å². The molecule has 2 aromatic carbocycles. The van der Waals surface area contributed by atoms with Crippen LogP contribution in [0.2, 0.25) is 5.02 Å². The maximum absolute atomic E-state index is 13.2. The monoisotopic (exact) mass is 435 g/mol. The van der Waals surface area contributed by atoms with Crippen LogP contribution in [0.25, 0.3) is 0 Å². The molecule has 2 nitrogen and oxygen atoms in total. The molecule has 0 saturated carbocycles. The first-order valence-electron chi connectivity index (χ1n) is 6.31. The second kappa shape index (κ2) is 7.47. The van der Waals surface area contributed by atoms with E-state index in [0.29, 0.717) is 23.9 Å². The Bertz CT molecular complexity index is 629. The van der Waals surface area contributed by atoms with Crippen LogP contribution in [-0.2, 0) is 6.54 Å². The molecule has 2 rings (SSSR count). The molecule has 0 aliphatic heterocycles. The standard InChI is InChI=1S/C15H13Br2ClFNO/c1-2-21-15-11(16)5-9(6-12(15)17)8-20-14-7-10(19)3-4-13(14)18/h3-7,20H,2,8H2,1H3. The number of benzene rings is 2. The van der Waals surface area contributed by atoms with Crippen LogP contribution in [0.3, 0.4) is 0 Å². The molecule has 6 heteroatoms. The molecule has 112 valence electrons. The molecule has 0 heterocycles. The minimum absolute atomic E-state index is 0.323.